The maximum atomic E-state index is 6.25. The highest BCUT2D eigenvalue weighted by Crippen LogP contribution is 2.63. The number of benzene rings is 2. The van der Waals surface area contributed by atoms with Crippen molar-refractivity contribution in [3.05, 3.63) is 63.6 Å². The highest BCUT2D eigenvalue weighted by molar-refractivity contribution is 9.10. The molecule has 1 fully saturated rings. The lowest BCUT2D eigenvalue weighted by atomic mass is 10.0. The summed E-state index contributed by atoms with van der Waals surface area (Å²) >= 11 is 15.4. The summed E-state index contributed by atoms with van der Waals surface area (Å²) in [5.74, 6) is 0.547. The molecule has 0 N–H and O–H groups in total. The van der Waals surface area contributed by atoms with Gasteiger partial charge in [-0.25, -0.2) is 4.67 Å². The van der Waals surface area contributed by atoms with E-state index in [1.807, 2.05) is 48.1 Å². The molecule has 0 spiro atoms. The number of rotatable bonds is 3. The number of likely N-dealkylation sites (N-methyl/N-ethyl adjacent to an activating group) is 1. The van der Waals surface area contributed by atoms with E-state index in [2.05, 4.69) is 22.9 Å². The first-order valence-electron chi connectivity index (χ1n) is 7.12. The molecule has 1 heterocycles. The fraction of sp³-hybridized carbons (Fsp3) is 0.250. The van der Waals surface area contributed by atoms with Crippen molar-refractivity contribution in [3.63, 3.8) is 0 Å². The predicted octanol–water partition coefficient (Wildman–Crippen LogP) is 5.80. The van der Waals surface area contributed by atoms with Gasteiger partial charge >= 0.3 is 6.64 Å². The van der Waals surface area contributed by atoms with Crippen molar-refractivity contribution >= 4 is 46.0 Å². The van der Waals surface area contributed by atoms with Crippen molar-refractivity contribution in [2.45, 2.75) is 19.1 Å². The Balaban J connectivity index is 1.88. The van der Waals surface area contributed by atoms with Crippen molar-refractivity contribution in [3.8, 4) is 5.75 Å². The van der Waals surface area contributed by atoms with Gasteiger partial charge in [-0.1, -0.05) is 57.9 Å². The van der Waals surface area contributed by atoms with E-state index in [1.54, 1.807) is 12.1 Å². The van der Waals surface area contributed by atoms with E-state index < -0.39 is 6.64 Å². The lowest BCUT2D eigenvalue weighted by molar-refractivity contribution is 0.210. The van der Waals surface area contributed by atoms with Gasteiger partial charge in [-0.15, -0.1) is 0 Å². The second-order valence-electron chi connectivity index (χ2n) is 5.39. The van der Waals surface area contributed by atoms with E-state index in [0.717, 1.165) is 10.0 Å². The molecular formula is C16H16BrClNO2PS. The van der Waals surface area contributed by atoms with Gasteiger partial charge in [0.05, 0.1) is 5.02 Å². The van der Waals surface area contributed by atoms with Gasteiger partial charge in [-0.05, 0) is 49.5 Å². The molecule has 0 amide bonds. The van der Waals surface area contributed by atoms with Gasteiger partial charge in [0.1, 0.15) is 11.9 Å². The first-order chi connectivity index (χ1) is 10.9. The normalized spacial score (nSPS) is 28.0. The smallest absolute Gasteiger partial charge is 0.316 e. The van der Waals surface area contributed by atoms with Gasteiger partial charge in [0.15, 0.2) is 0 Å². The van der Waals surface area contributed by atoms with Gasteiger partial charge < -0.3 is 4.52 Å². The number of hydrogen-bond donors (Lipinski definition) is 0. The Morgan fingerprint density at radius 3 is 2.61 bits per heavy atom. The Morgan fingerprint density at radius 1 is 1.26 bits per heavy atom. The zero-order valence-corrected chi connectivity index (χ0v) is 16.7. The maximum absolute atomic E-state index is 6.25. The Morgan fingerprint density at radius 2 is 1.96 bits per heavy atom. The fourth-order valence-electron chi connectivity index (χ4n) is 2.47. The van der Waals surface area contributed by atoms with Crippen LogP contribution in [0.25, 0.3) is 0 Å². The molecule has 23 heavy (non-hydrogen) atoms. The first-order valence-corrected chi connectivity index (χ1v) is 10.9. The van der Waals surface area contributed by atoms with Crippen LogP contribution in [0, 0.1) is 0 Å². The zero-order valence-electron chi connectivity index (χ0n) is 12.6. The van der Waals surface area contributed by atoms with Crippen molar-refractivity contribution in [2.24, 2.45) is 0 Å². The minimum Gasteiger partial charge on any atom is -0.431 e. The van der Waals surface area contributed by atoms with Crippen molar-refractivity contribution in [2.75, 3.05) is 7.05 Å². The topological polar surface area (TPSA) is 21.7 Å². The molecule has 2 aromatic carbocycles. The number of hydrogen-bond acceptors (Lipinski definition) is 3. The molecular weight excluding hydrogens is 417 g/mol. The standard InChI is InChI=1S/C16H16BrClNO2PS/c1-11-16(12-6-4-3-5-7-12)21-22(23,19(11)2)20-15-9-8-13(17)10-14(15)18/h3-11,16H,1-2H3/t11-,16-,22+/m1/s1. The Kier molecular flexibility index (Phi) is 5.17. The van der Waals surface area contributed by atoms with Gasteiger partial charge in [0, 0.05) is 10.5 Å². The van der Waals surface area contributed by atoms with E-state index in [0.29, 0.717) is 10.8 Å². The third-order valence-electron chi connectivity index (χ3n) is 3.90. The van der Waals surface area contributed by atoms with E-state index in [4.69, 9.17) is 32.5 Å². The maximum Gasteiger partial charge on any atom is 0.316 e. The highest BCUT2D eigenvalue weighted by Gasteiger charge is 2.45. The average Bonchev–Trinajstić information content (AvgIpc) is 2.76. The monoisotopic (exact) mass is 431 g/mol. The van der Waals surface area contributed by atoms with Gasteiger partial charge in [0.25, 0.3) is 0 Å². The van der Waals surface area contributed by atoms with Crippen molar-refractivity contribution in [1.29, 1.82) is 0 Å². The average molecular weight is 433 g/mol. The van der Waals surface area contributed by atoms with Crippen molar-refractivity contribution < 1.29 is 9.05 Å². The summed E-state index contributed by atoms with van der Waals surface area (Å²) in [4.78, 5) is 0. The molecule has 3 atom stereocenters. The molecule has 7 heteroatoms. The lowest BCUT2D eigenvalue weighted by Crippen LogP contribution is -2.24. The van der Waals surface area contributed by atoms with Crippen LogP contribution in [0.15, 0.2) is 53.0 Å². The molecule has 1 saturated heterocycles. The van der Waals surface area contributed by atoms with Crippen LogP contribution in [0.5, 0.6) is 5.75 Å². The second-order valence-corrected chi connectivity index (χ2v) is 10.1. The van der Waals surface area contributed by atoms with Crippen LogP contribution in [-0.2, 0) is 16.3 Å². The van der Waals surface area contributed by atoms with Crippen LogP contribution >= 0.6 is 34.2 Å². The minimum absolute atomic E-state index is 0.110. The number of halogens is 2. The molecule has 0 saturated carbocycles. The molecule has 0 aromatic heterocycles. The molecule has 1 aliphatic rings. The van der Waals surface area contributed by atoms with Crippen LogP contribution in [-0.4, -0.2) is 17.8 Å². The van der Waals surface area contributed by atoms with Crippen molar-refractivity contribution in [1.82, 2.24) is 4.67 Å². The highest BCUT2D eigenvalue weighted by atomic mass is 79.9. The van der Waals surface area contributed by atoms with E-state index in [1.165, 1.54) is 0 Å². The van der Waals surface area contributed by atoms with Crippen LogP contribution in [0.4, 0.5) is 0 Å². The third-order valence-corrected chi connectivity index (χ3v) is 8.00. The quantitative estimate of drug-likeness (QED) is 0.572. The minimum atomic E-state index is -2.64. The molecule has 1 aliphatic heterocycles. The van der Waals surface area contributed by atoms with Gasteiger partial charge in [-0.3, -0.25) is 4.52 Å². The summed E-state index contributed by atoms with van der Waals surface area (Å²) < 4.78 is 15.2. The summed E-state index contributed by atoms with van der Waals surface area (Å²) in [5, 5.41) is 0.511. The largest absolute Gasteiger partial charge is 0.431 e. The van der Waals surface area contributed by atoms with Crippen LogP contribution in [0.3, 0.4) is 0 Å². The zero-order chi connectivity index (χ0) is 16.6. The van der Waals surface area contributed by atoms with Crippen LogP contribution < -0.4 is 4.52 Å². The lowest BCUT2D eigenvalue weighted by Gasteiger charge is -2.24. The summed E-state index contributed by atoms with van der Waals surface area (Å²) in [6.07, 6.45) is -0.110. The van der Waals surface area contributed by atoms with E-state index >= 15 is 0 Å². The summed E-state index contributed by atoms with van der Waals surface area (Å²) in [7, 11) is 1.95. The fourth-order valence-corrected chi connectivity index (χ4v) is 6.08. The Labute approximate surface area is 154 Å². The molecule has 0 unspecified atom stereocenters. The first kappa shape index (κ1) is 17.4. The van der Waals surface area contributed by atoms with E-state index in [-0.39, 0.29) is 12.1 Å². The van der Waals surface area contributed by atoms with E-state index in [9.17, 15) is 0 Å². The molecule has 0 bridgehead atoms. The molecule has 0 radical (unpaired) electrons. The molecule has 0 aliphatic carbocycles. The predicted molar refractivity (Wildman–Crippen MR) is 102 cm³/mol. The van der Waals surface area contributed by atoms with Gasteiger partial charge in [-0.2, -0.15) is 0 Å². The number of nitrogens with zero attached hydrogens (tertiary/aromatic N) is 1. The Hall–Kier alpha value is -0.420. The summed E-state index contributed by atoms with van der Waals surface area (Å²) in [6, 6.07) is 15.7. The SMILES string of the molecule is C[C@@H]1[C@H](c2ccccc2)O[P@@](=S)(Oc2ccc(Br)cc2Cl)N1C. The third kappa shape index (κ3) is 3.51. The summed E-state index contributed by atoms with van der Waals surface area (Å²) in [5.41, 5.74) is 1.10. The molecule has 2 aromatic rings. The molecule has 122 valence electrons. The van der Waals surface area contributed by atoms with Gasteiger partial charge in [0.2, 0.25) is 0 Å². The van der Waals surface area contributed by atoms with Crippen LogP contribution in [0.2, 0.25) is 5.02 Å². The summed E-state index contributed by atoms with van der Waals surface area (Å²) in [6.45, 7) is -0.540. The van der Waals surface area contributed by atoms with Crippen LogP contribution in [0.1, 0.15) is 18.6 Å². The molecule has 3 nitrogen and oxygen atoms in total. The molecule has 3 rings (SSSR count). The Bertz CT molecular complexity index is 761. The second kappa shape index (κ2) is 6.83.